The van der Waals surface area contributed by atoms with Gasteiger partial charge in [-0.25, -0.2) is 10.2 Å². The molecule has 0 aliphatic carbocycles. The molecule has 0 aliphatic rings. The fourth-order valence-corrected chi connectivity index (χ4v) is 1.51. The Balaban J connectivity index is 2.06. The summed E-state index contributed by atoms with van der Waals surface area (Å²) < 4.78 is 9.91. The first-order chi connectivity index (χ1) is 9.19. The van der Waals surface area contributed by atoms with E-state index >= 15 is 0 Å². The van der Waals surface area contributed by atoms with Gasteiger partial charge in [0.1, 0.15) is 11.5 Å². The van der Waals surface area contributed by atoms with Gasteiger partial charge in [0.25, 0.3) is 0 Å². The van der Waals surface area contributed by atoms with Crippen LogP contribution in [0.15, 0.2) is 45.9 Å². The van der Waals surface area contributed by atoms with Crippen molar-refractivity contribution < 1.29 is 13.9 Å². The molecular weight excluding hydrogens is 268 g/mol. The van der Waals surface area contributed by atoms with Gasteiger partial charge in [-0.1, -0.05) is 11.6 Å². The zero-order valence-corrected chi connectivity index (χ0v) is 10.8. The fraction of sp³-hybridized carbons (Fsp3) is 0.0769. The van der Waals surface area contributed by atoms with E-state index in [4.69, 9.17) is 16.0 Å². The molecule has 5 nitrogen and oxygen atoms in total. The first kappa shape index (κ1) is 13.2. The lowest BCUT2D eigenvalue weighted by molar-refractivity contribution is 0.171. The molecule has 0 unspecified atom stereocenters. The minimum atomic E-state index is -0.638. The van der Waals surface area contributed by atoms with Crippen molar-refractivity contribution in [3.63, 3.8) is 0 Å². The van der Waals surface area contributed by atoms with E-state index in [0.717, 1.165) is 5.56 Å². The third-order valence-electron chi connectivity index (χ3n) is 2.29. The molecule has 0 fully saturated rings. The van der Waals surface area contributed by atoms with Gasteiger partial charge in [0.2, 0.25) is 0 Å². The highest BCUT2D eigenvalue weighted by molar-refractivity contribution is 6.30. The molecule has 0 saturated carbocycles. The molecule has 1 amide bonds. The Morgan fingerprint density at radius 3 is 2.74 bits per heavy atom. The number of hydrazone groups is 1. The number of furan rings is 1. The fourth-order valence-electron chi connectivity index (χ4n) is 1.39. The Kier molecular flexibility index (Phi) is 4.20. The number of rotatable bonds is 3. The van der Waals surface area contributed by atoms with Gasteiger partial charge in [-0.2, -0.15) is 5.10 Å². The molecule has 2 aromatic rings. The molecule has 2 rings (SSSR count). The summed E-state index contributed by atoms with van der Waals surface area (Å²) in [6, 6.07) is 10.8. The van der Waals surface area contributed by atoms with Crippen LogP contribution in [0.1, 0.15) is 5.76 Å². The molecule has 0 saturated heterocycles. The van der Waals surface area contributed by atoms with Crippen molar-refractivity contribution in [3.8, 4) is 11.3 Å². The summed E-state index contributed by atoms with van der Waals surface area (Å²) in [6.45, 7) is 0. The quantitative estimate of drug-likeness (QED) is 0.692. The highest BCUT2D eigenvalue weighted by Gasteiger charge is 2.03. The molecule has 19 heavy (non-hydrogen) atoms. The second-order valence-electron chi connectivity index (χ2n) is 3.57. The van der Waals surface area contributed by atoms with Crippen LogP contribution in [0.5, 0.6) is 0 Å². The summed E-state index contributed by atoms with van der Waals surface area (Å²) in [7, 11) is 1.26. The van der Waals surface area contributed by atoms with Crippen LogP contribution in [-0.4, -0.2) is 19.4 Å². The van der Waals surface area contributed by atoms with Gasteiger partial charge in [-0.3, -0.25) is 0 Å². The van der Waals surface area contributed by atoms with Crippen LogP contribution in [0.4, 0.5) is 4.79 Å². The summed E-state index contributed by atoms with van der Waals surface area (Å²) in [4.78, 5) is 10.8. The molecule has 0 spiro atoms. The van der Waals surface area contributed by atoms with Gasteiger partial charge in [-0.05, 0) is 36.4 Å². The molecule has 1 aromatic heterocycles. The largest absolute Gasteiger partial charge is 0.455 e. The average Bonchev–Trinajstić information content (AvgIpc) is 2.88. The van der Waals surface area contributed by atoms with E-state index in [1.165, 1.54) is 13.3 Å². The summed E-state index contributed by atoms with van der Waals surface area (Å²) in [6.07, 6.45) is 0.747. The number of hydrogen-bond donors (Lipinski definition) is 1. The number of nitrogens with zero attached hydrogens (tertiary/aromatic N) is 1. The van der Waals surface area contributed by atoms with Crippen molar-refractivity contribution >= 4 is 23.9 Å². The van der Waals surface area contributed by atoms with Crippen LogP contribution in [0.2, 0.25) is 5.02 Å². The molecule has 0 atom stereocenters. The molecule has 0 bridgehead atoms. The van der Waals surface area contributed by atoms with E-state index in [2.05, 4.69) is 15.3 Å². The summed E-state index contributed by atoms with van der Waals surface area (Å²) in [5.74, 6) is 1.21. The van der Waals surface area contributed by atoms with E-state index in [0.29, 0.717) is 16.5 Å². The first-order valence-corrected chi connectivity index (χ1v) is 5.79. The van der Waals surface area contributed by atoms with Crippen molar-refractivity contribution in [2.24, 2.45) is 5.10 Å². The minimum Gasteiger partial charge on any atom is -0.455 e. The van der Waals surface area contributed by atoms with Crippen LogP contribution in [0.3, 0.4) is 0 Å². The topological polar surface area (TPSA) is 63.8 Å². The molecule has 6 heteroatoms. The smallest absolute Gasteiger partial charge is 0.427 e. The van der Waals surface area contributed by atoms with E-state index in [1.54, 1.807) is 18.2 Å². The normalized spacial score (nSPS) is 10.6. The van der Waals surface area contributed by atoms with Crippen molar-refractivity contribution in [2.45, 2.75) is 0 Å². The number of ether oxygens (including phenoxy) is 1. The van der Waals surface area contributed by atoms with Crippen LogP contribution >= 0.6 is 11.6 Å². The van der Waals surface area contributed by atoms with E-state index in [1.807, 2.05) is 18.2 Å². The number of benzene rings is 1. The van der Waals surface area contributed by atoms with Crippen LogP contribution < -0.4 is 5.43 Å². The van der Waals surface area contributed by atoms with Crippen molar-refractivity contribution in [1.82, 2.24) is 5.43 Å². The number of carbonyl (C=O) groups excluding carboxylic acids is 1. The van der Waals surface area contributed by atoms with Crippen LogP contribution in [0, 0.1) is 0 Å². The summed E-state index contributed by atoms with van der Waals surface area (Å²) >= 11 is 5.81. The second kappa shape index (κ2) is 6.06. The summed E-state index contributed by atoms with van der Waals surface area (Å²) in [5, 5.41) is 4.34. The predicted octanol–water partition coefficient (Wildman–Crippen LogP) is 3.29. The maximum Gasteiger partial charge on any atom is 0.427 e. The van der Waals surface area contributed by atoms with Crippen LogP contribution in [-0.2, 0) is 4.74 Å². The third kappa shape index (κ3) is 3.59. The summed E-state index contributed by atoms with van der Waals surface area (Å²) in [5.41, 5.74) is 3.08. The molecule has 98 valence electrons. The number of methoxy groups -OCH3 is 1. The van der Waals surface area contributed by atoms with Crippen molar-refractivity contribution in [1.29, 1.82) is 0 Å². The van der Waals surface area contributed by atoms with E-state index in [9.17, 15) is 4.79 Å². The highest BCUT2D eigenvalue weighted by Crippen LogP contribution is 2.23. The van der Waals surface area contributed by atoms with Gasteiger partial charge in [0.15, 0.2) is 0 Å². The van der Waals surface area contributed by atoms with Crippen LogP contribution in [0.25, 0.3) is 11.3 Å². The van der Waals surface area contributed by atoms with Gasteiger partial charge in [-0.15, -0.1) is 0 Å². The Labute approximate surface area is 114 Å². The number of halogens is 1. The molecule has 0 aliphatic heterocycles. The lowest BCUT2D eigenvalue weighted by Crippen LogP contribution is -2.16. The molecule has 0 radical (unpaired) electrons. The Bertz CT molecular complexity index is 590. The average molecular weight is 279 g/mol. The van der Waals surface area contributed by atoms with E-state index < -0.39 is 6.09 Å². The van der Waals surface area contributed by atoms with Gasteiger partial charge in [0.05, 0.1) is 13.3 Å². The zero-order valence-electron chi connectivity index (χ0n) is 10.1. The van der Waals surface area contributed by atoms with Crippen molar-refractivity contribution in [2.75, 3.05) is 7.11 Å². The molecule has 1 N–H and O–H groups in total. The lowest BCUT2D eigenvalue weighted by atomic mass is 10.2. The number of nitrogens with one attached hydrogen (secondary N) is 1. The monoisotopic (exact) mass is 278 g/mol. The van der Waals surface area contributed by atoms with Gasteiger partial charge in [0, 0.05) is 10.6 Å². The third-order valence-corrected chi connectivity index (χ3v) is 2.54. The molecule has 1 aromatic carbocycles. The van der Waals surface area contributed by atoms with Crippen molar-refractivity contribution in [3.05, 3.63) is 47.2 Å². The maximum absolute atomic E-state index is 10.8. The predicted molar refractivity (Wildman–Crippen MR) is 72.3 cm³/mol. The highest BCUT2D eigenvalue weighted by atomic mass is 35.5. The Morgan fingerprint density at radius 2 is 2.05 bits per heavy atom. The Hall–Kier alpha value is -2.27. The number of hydrogen-bond acceptors (Lipinski definition) is 4. The number of carbonyl (C=O) groups is 1. The van der Waals surface area contributed by atoms with Gasteiger partial charge < -0.3 is 9.15 Å². The lowest BCUT2D eigenvalue weighted by Gasteiger charge is -1.96. The van der Waals surface area contributed by atoms with E-state index in [-0.39, 0.29) is 0 Å². The number of amides is 1. The first-order valence-electron chi connectivity index (χ1n) is 5.42. The SMILES string of the molecule is COC(=O)N/N=C/c1ccc(-c2ccc(Cl)cc2)o1. The second-order valence-corrected chi connectivity index (χ2v) is 4.01. The standard InChI is InChI=1S/C13H11ClN2O3/c1-18-13(17)16-15-8-11-6-7-12(19-11)9-2-4-10(14)5-3-9/h2-8H,1H3,(H,16,17)/b15-8+. The zero-order chi connectivity index (χ0) is 13.7. The Morgan fingerprint density at radius 1 is 1.32 bits per heavy atom. The van der Waals surface area contributed by atoms with Gasteiger partial charge >= 0.3 is 6.09 Å². The molecular formula is C13H11ClN2O3. The minimum absolute atomic E-state index is 0.515. The maximum atomic E-state index is 10.8. The molecule has 1 heterocycles.